The van der Waals surface area contributed by atoms with E-state index in [1.165, 1.54) is 0 Å². The summed E-state index contributed by atoms with van der Waals surface area (Å²) in [4.78, 5) is 12.7. The predicted octanol–water partition coefficient (Wildman–Crippen LogP) is 3.64. The van der Waals surface area contributed by atoms with Crippen molar-refractivity contribution in [1.29, 1.82) is 0 Å². The zero-order chi connectivity index (χ0) is 21.4. The third kappa shape index (κ3) is 6.65. The summed E-state index contributed by atoms with van der Waals surface area (Å²) >= 11 is 5.90. The average molecular weight is 439 g/mol. The number of halogens is 1. The van der Waals surface area contributed by atoms with Crippen LogP contribution in [0.2, 0.25) is 5.02 Å². The summed E-state index contributed by atoms with van der Waals surface area (Å²) in [5.41, 5.74) is 1.56. The van der Waals surface area contributed by atoms with Crippen molar-refractivity contribution in [3.05, 3.63) is 59.1 Å². The molecule has 8 heteroatoms. The van der Waals surface area contributed by atoms with Crippen LogP contribution in [0.4, 0.5) is 5.69 Å². The van der Waals surface area contributed by atoms with Crippen LogP contribution in [-0.4, -0.2) is 40.3 Å². The van der Waals surface area contributed by atoms with E-state index in [1.54, 1.807) is 38.3 Å². The van der Waals surface area contributed by atoms with Gasteiger partial charge in [0.25, 0.3) is 0 Å². The van der Waals surface area contributed by atoms with Crippen molar-refractivity contribution in [2.75, 3.05) is 24.2 Å². The van der Waals surface area contributed by atoms with Gasteiger partial charge in [-0.25, -0.2) is 8.42 Å². The maximum Gasteiger partial charge on any atom is 0.243 e. The summed E-state index contributed by atoms with van der Waals surface area (Å²) in [6, 6.07) is 13.4. The summed E-state index contributed by atoms with van der Waals surface area (Å²) in [7, 11) is -2.03. The van der Waals surface area contributed by atoms with Crippen LogP contribution in [0.3, 0.4) is 0 Å². The number of benzene rings is 2. The Hall–Kier alpha value is -2.25. The molecule has 0 aliphatic heterocycles. The fourth-order valence-corrected chi connectivity index (χ4v) is 4.40. The van der Waals surface area contributed by atoms with Gasteiger partial charge in [0.1, 0.15) is 11.8 Å². The lowest BCUT2D eigenvalue weighted by Crippen LogP contribution is -2.49. The van der Waals surface area contributed by atoms with Crippen molar-refractivity contribution in [2.45, 2.75) is 32.2 Å². The molecule has 1 N–H and O–H groups in total. The van der Waals surface area contributed by atoms with E-state index >= 15 is 0 Å². The van der Waals surface area contributed by atoms with Crippen LogP contribution in [0.5, 0.6) is 5.75 Å². The maximum atomic E-state index is 12.7. The largest absolute Gasteiger partial charge is 0.497 e. The Morgan fingerprint density at radius 2 is 1.76 bits per heavy atom. The number of amides is 1. The van der Waals surface area contributed by atoms with Gasteiger partial charge in [-0.3, -0.25) is 9.10 Å². The highest BCUT2D eigenvalue weighted by Crippen LogP contribution is 2.24. The number of carbonyl (C=O) groups excluding carboxylic acids is 1. The third-order valence-electron chi connectivity index (χ3n) is 4.51. The molecule has 2 aromatic rings. The second-order valence-electron chi connectivity index (χ2n) is 6.70. The Kier molecular flexibility index (Phi) is 8.34. The number of methoxy groups -OCH3 is 1. The molecule has 2 aromatic carbocycles. The van der Waals surface area contributed by atoms with Crippen molar-refractivity contribution in [3.8, 4) is 5.75 Å². The zero-order valence-corrected chi connectivity index (χ0v) is 18.5. The number of aryl methyl sites for hydroxylation is 1. The van der Waals surface area contributed by atoms with Crippen molar-refractivity contribution in [2.24, 2.45) is 0 Å². The molecule has 0 unspecified atom stereocenters. The number of hydrogen-bond donors (Lipinski definition) is 1. The molecule has 1 amide bonds. The highest BCUT2D eigenvalue weighted by Gasteiger charge is 2.31. The highest BCUT2D eigenvalue weighted by atomic mass is 35.5. The molecule has 0 fully saturated rings. The van der Waals surface area contributed by atoms with E-state index in [2.05, 4.69) is 5.32 Å². The van der Waals surface area contributed by atoms with Gasteiger partial charge in [-0.05, 0) is 61.2 Å². The van der Waals surface area contributed by atoms with E-state index < -0.39 is 16.1 Å². The second-order valence-corrected chi connectivity index (χ2v) is 9.00. The lowest BCUT2D eigenvalue weighted by atomic mass is 10.1. The Bertz CT molecular complexity index is 899. The maximum absolute atomic E-state index is 12.7. The normalized spacial score (nSPS) is 12.3. The number of rotatable bonds is 10. The minimum absolute atomic E-state index is 0.317. The summed E-state index contributed by atoms with van der Waals surface area (Å²) in [5, 5.41) is 3.36. The summed E-state index contributed by atoms with van der Waals surface area (Å²) in [5.74, 6) is 0.485. The molecule has 0 saturated carbocycles. The fraction of sp³-hybridized carbons (Fsp3) is 0.381. The summed E-state index contributed by atoms with van der Waals surface area (Å²) in [6.07, 6.45) is 2.99. The van der Waals surface area contributed by atoms with E-state index in [0.29, 0.717) is 23.7 Å². The van der Waals surface area contributed by atoms with Crippen LogP contribution >= 0.6 is 11.6 Å². The topological polar surface area (TPSA) is 75.7 Å². The average Bonchev–Trinajstić information content (AvgIpc) is 2.69. The second kappa shape index (κ2) is 10.5. The molecular formula is C21H27ClN2O4S. The van der Waals surface area contributed by atoms with Crippen molar-refractivity contribution in [3.63, 3.8) is 0 Å². The number of hydrogen-bond acceptors (Lipinski definition) is 4. The monoisotopic (exact) mass is 438 g/mol. The lowest BCUT2D eigenvalue weighted by molar-refractivity contribution is -0.122. The van der Waals surface area contributed by atoms with Crippen LogP contribution in [0.15, 0.2) is 48.5 Å². The molecule has 0 heterocycles. The van der Waals surface area contributed by atoms with E-state index in [4.69, 9.17) is 16.3 Å². The Balaban J connectivity index is 2.00. The van der Waals surface area contributed by atoms with Crippen LogP contribution in [-0.2, 0) is 21.2 Å². The van der Waals surface area contributed by atoms with Crippen molar-refractivity contribution >= 4 is 33.2 Å². The molecule has 0 aromatic heterocycles. The van der Waals surface area contributed by atoms with Gasteiger partial charge in [0.15, 0.2) is 0 Å². The SMILES string of the molecule is CC[C@@H](C(=O)NCCCc1ccc(OC)cc1)N(c1ccc(Cl)cc1)S(C)(=O)=O. The fourth-order valence-electron chi connectivity index (χ4n) is 3.06. The Morgan fingerprint density at radius 3 is 2.28 bits per heavy atom. The van der Waals surface area contributed by atoms with Gasteiger partial charge in [0, 0.05) is 11.6 Å². The highest BCUT2D eigenvalue weighted by molar-refractivity contribution is 7.92. The first-order chi connectivity index (χ1) is 13.8. The molecule has 2 rings (SSSR count). The Labute approximate surface area is 177 Å². The van der Waals surface area contributed by atoms with Gasteiger partial charge in [-0.15, -0.1) is 0 Å². The van der Waals surface area contributed by atoms with Crippen LogP contribution in [0.1, 0.15) is 25.3 Å². The number of sulfonamides is 1. The van der Waals surface area contributed by atoms with Gasteiger partial charge in [0.2, 0.25) is 15.9 Å². The van der Waals surface area contributed by atoms with Crippen LogP contribution in [0, 0.1) is 0 Å². The molecule has 6 nitrogen and oxygen atoms in total. The lowest BCUT2D eigenvalue weighted by Gasteiger charge is -2.30. The first kappa shape index (κ1) is 23.0. The van der Waals surface area contributed by atoms with E-state index in [-0.39, 0.29) is 5.91 Å². The summed E-state index contributed by atoms with van der Waals surface area (Å²) in [6.45, 7) is 2.25. The number of ether oxygens (including phenoxy) is 1. The number of nitrogens with zero attached hydrogens (tertiary/aromatic N) is 1. The van der Waals surface area contributed by atoms with E-state index in [9.17, 15) is 13.2 Å². The van der Waals surface area contributed by atoms with Gasteiger partial charge in [0.05, 0.1) is 19.1 Å². The molecule has 0 aliphatic carbocycles. The van der Waals surface area contributed by atoms with Gasteiger partial charge >= 0.3 is 0 Å². The van der Waals surface area contributed by atoms with Crippen LogP contribution < -0.4 is 14.4 Å². The molecule has 29 heavy (non-hydrogen) atoms. The molecule has 0 aliphatic rings. The predicted molar refractivity (Wildman–Crippen MR) is 117 cm³/mol. The minimum atomic E-state index is -3.65. The minimum Gasteiger partial charge on any atom is -0.497 e. The van der Waals surface area contributed by atoms with E-state index in [0.717, 1.165) is 34.7 Å². The third-order valence-corrected chi connectivity index (χ3v) is 5.94. The molecule has 0 saturated heterocycles. The molecule has 158 valence electrons. The van der Waals surface area contributed by atoms with E-state index in [1.807, 2.05) is 24.3 Å². The Morgan fingerprint density at radius 1 is 1.14 bits per heavy atom. The first-order valence-electron chi connectivity index (χ1n) is 9.42. The molecule has 0 bridgehead atoms. The number of anilines is 1. The number of carbonyl (C=O) groups is 1. The quantitative estimate of drug-likeness (QED) is 0.574. The molecule has 0 spiro atoms. The molecule has 0 radical (unpaired) electrons. The van der Waals surface area contributed by atoms with Gasteiger partial charge < -0.3 is 10.1 Å². The molecule has 1 atom stereocenters. The van der Waals surface area contributed by atoms with Crippen molar-refractivity contribution < 1.29 is 17.9 Å². The standard InChI is InChI=1S/C21H27ClN2O4S/c1-4-20(24(29(3,26)27)18-11-9-17(22)10-12-18)21(25)23-15-5-6-16-7-13-19(28-2)14-8-16/h7-14,20H,4-6,15H2,1-3H3,(H,23,25)/t20-/m0/s1. The molecular weight excluding hydrogens is 412 g/mol. The zero-order valence-electron chi connectivity index (χ0n) is 16.9. The summed E-state index contributed by atoms with van der Waals surface area (Å²) < 4.78 is 31.1. The van der Waals surface area contributed by atoms with Gasteiger partial charge in [-0.1, -0.05) is 30.7 Å². The van der Waals surface area contributed by atoms with Crippen LogP contribution in [0.25, 0.3) is 0 Å². The number of nitrogens with one attached hydrogen (secondary N) is 1. The van der Waals surface area contributed by atoms with Crippen molar-refractivity contribution in [1.82, 2.24) is 5.32 Å². The first-order valence-corrected chi connectivity index (χ1v) is 11.6. The van der Waals surface area contributed by atoms with Gasteiger partial charge in [-0.2, -0.15) is 0 Å². The smallest absolute Gasteiger partial charge is 0.243 e.